The zero-order chi connectivity index (χ0) is 22.9. The number of hydrogen-bond donors (Lipinski definition) is 1. The summed E-state index contributed by atoms with van der Waals surface area (Å²) in [4.78, 5) is 26.7. The van der Waals surface area contributed by atoms with E-state index >= 15 is 0 Å². The number of carbonyl (C=O) groups excluding carboxylic acids is 2. The molecule has 0 bridgehead atoms. The Morgan fingerprint density at radius 3 is 2.66 bits per heavy atom. The number of halogens is 1. The largest absolute Gasteiger partial charge is 0.459 e. The number of ether oxygens (including phenoxy) is 1. The molecule has 0 spiro atoms. The fourth-order valence-corrected chi connectivity index (χ4v) is 4.66. The maximum atomic E-state index is 14.1. The number of piperidine rings is 1. The number of cyclic esters (lactones) is 1. The molecule has 2 saturated heterocycles. The van der Waals surface area contributed by atoms with Crippen LogP contribution >= 0.6 is 0 Å². The molecule has 2 fully saturated rings. The predicted octanol–water partition coefficient (Wildman–Crippen LogP) is 3.04. The van der Waals surface area contributed by atoms with E-state index < -0.39 is 5.60 Å². The Bertz CT molecular complexity index is 995. The highest BCUT2D eigenvalue weighted by atomic mass is 19.1. The highest BCUT2D eigenvalue weighted by Gasteiger charge is 2.41. The Morgan fingerprint density at radius 2 is 2.00 bits per heavy atom. The molecule has 0 radical (unpaired) electrons. The topological polar surface area (TPSA) is 76.5 Å². The van der Waals surface area contributed by atoms with Crippen molar-refractivity contribution in [3.05, 3.63) is 41.8 Å². The van der Waals surface area contributed by atoms with Crippen molar-refractivity contribution in [2.75, 3.05) is 13.1 Å². The van der Waals surface area contributed by atoms with Crippen molar-refractivity contribution in [3.63, 3.8) is 0 Å². The van der Waals surface area contributed by atoms with Gasteiger partial charge in [-0.05, 0) is 44.9 Å². The van der Waals surface area contributed by atoms with Gasteiger partial charge in [0.25, 0.3) is 0 Å². The van der Waals surface area contributed by atoms with Gasteiger partial charge >= 0.3 is 5.97 Å². The number of likely N-dealkylation sites (tertiary alicyclic amines) is 1. The van der Waals surface area contributed by atoms with Gasteiger partial charge in [-0.15, -0.1) is 0 Å². The van der Waals surface area contributed by atoms with E-state index in [0.717, 1.165) is 38.2 Å². The molecule has 1 amide bonds. The van der Waals surface area contributed by atoms with E-state index in [1.807, 2.05) is 33.0 Å². The summed E-state index contributed by atoms with van der Waals surface area (Å²) in [5, 5.41) is 7.57. The smallest absolute Gasteiger partial charge is 0.310 e. The molecule has 8 heteroatoms. The third kappa shape index (κ3) is 5.18. The lowest BCUT2D eigenvalue weighted by Gasteiger charge is -2.32. The molecule has 7 nitrogen and oxygen atoms in total. The Hall–Kier alpha value is -2.74. The van der Waals surface area contributed by atoms with Crippen molar-refractivity contribution in [3.8, 4) is 11.3 Å². The van der Waals surface area contributed by atoms with E-state index in [-0.39, 0.29) is 36.1 Å². The second kappa shape index (κ2) is 9.02. The Kier molecular flexibility index (Phi) is 6.33. The number of hydrogen-bond acceptors (Lipinski definition) is 5. The summed E-state index contributed by atoms with van der Waals surface area (Å²) < 4.78 is 21.2. The number of nitrogens with one attached hydrogen (secondary N) is 1. The fourth-order valence-electron chi connectivity index (χ4n) is 4.66. The number of benzene rings is 1. The van der Waals surface area contributed by atoms with Crippen LogP contribution < -0.4 is 5.32 Å². The van der Waals surface area contributed by atoms with Crippen LogP contribution in [0.15, 0.2) is 30.3 Å². The Balaban J connectivity index is 1.26. The third-order valence-electron chi connectivity index (χ3n) is 6.34. The average Bonchev–Trinajstić information content (AvgIpc) is 3.21. The van der Waals surface area contributed by atoms with Crippen molar-refractivity contribution < 1.29 is 18.7 Å². The molecule has 172 valence electrons. The second-order valence-corrected chi connectivity index (χ2v) is 9.53. The molecule has 3 heterocycles. The van der Waals surface area contributed by atoms with Gasteiger partial charge in [0.05, 0.1) is 17.3 Å². The van der Waals surface area contributed by atoms with Crippen LogP contribution in [0.4, 0.5) is 4.39 Å². The van der Waals surface area contributed by atoms with Crippen LogP contribution in [0.5, 0.6) is 0 Å². The minimum atomic E-state index is -0.481. The summed E-state index contributed by atoms with van der Waals surface area (Å²) >= 11 is 0. The molecule has 1 aromatic heterocycles. The number of amides is 1. The molecule has 0 saturated carbocycles. The lowest BCUT2D eigenvalue weighted by atomic mass is 9.94. The maximum Gasteiger partial charge on any atom is 0.310 e. The first kappa shape index (κ1) is 22.5. The van der Waals surface area contributed by atoms with Gasteiger partial charge in [-0.1, -0.05) is 12.1 Å². The van der Waals surface area contributed by atoms with E-state index in [0.29, 0.717) is 17.7 Å². The lowest BCUT2D eigenvalue weighted by molar-refractivity contribution is -0.149. The summed E-state index contributed by atoms with van der Waals surface area (Å²) in [5.41, 5.74) is 1.68. The van der Waals surface area contributed by atoms with Crippen LogP contribution in [-0.4, -0.2) is 51.3 Å². The Labute approximate surface area is 187 Å². The van der Waals surface area contributed by atoms with Crippen LogP contribution in [-0.2, 0) is 27.9 Å². The monoisotopic (exact) mass is 442 g/mol. The summed E-state index contributed by atoms with van der Waals surface area (Å²) in [6.45, 7) is 6.18. The number of carbonyl (C=O) groups is 2. The van der Waals surface area contributed by atoms with Crippen molar-refractivity contribution in [2.24, 2.45) is 13.0 Å². The number of esters is 1. The minimum Gasteiger partial charge on any atom is -0.459 e. The Morgan fingerprint density at radius 1 is 1.28 bits per heavy atom. The van der Waals surface area contributed by atoms with Gasteiger partial charge in [0, 0.05) is 51.1 Å². The van der Waals surface area contributed by atoms with E-state index in [4.69, 9.17) is 4.74 Å². The van der Waals surface area contributed by atoms with Gasteiger partial charge in [0.2, 0.25) is 5.91 Å². The summed E-state index contributed by atoms with van der Waals surface area (Å²) in [5.74, 6) is -0.975. The minimum absolute atomic E-state index is 0.0794. The highest BCUT2D eigenvalue weighted by Crippen LogP contribution is 2.32. The first-order valence-corrected chi connectivity index (χ1v) is 11.2. The average molecular weight is 443 g/mol. The van der Waals surface area contributed by atoms with Crippen LogP contribution in [0.25, 0.3) is 11.3 Å². The molecule has 0 unspecified atom stereocenters. The zero-order valence-corrected chi connectivity index (χ0v) is 18.9. The molecule has 1 N–H and O–H groups in total. The van der Waals surface area contributed by atoms with Gasteiger partial charge in [-0.3, -0.25) is 19.2 Å². The predicted molar refractivity (Wildman–Crippen MR) is 118 cm³/mol. The quantitative estimate of drug-likeness (QED) is 0.696. The van der Waals surface area contributed by atoms with Gasteiger partial charge in [-0.25, -0.2) is 4.39 Å². The third-order valence-corrected chi connectivity index (χ3v) is 6.34. The molecule has 1 atom stereocenters. The normalized spacial score (nSPS) is 21.5. The van der Waals surface area contributed by atoms with Crippen LogP contribution in [0, 0.1) is 11.7 Å². The van der Waals surface area contributed by atoms with Gasteiger partial charge < -0.3 is 10.1 Å². The standard InChI is InChI=1S/C24H31FN4O3/c1-24(2)14-16(23(31)32-24)12-22(30)26-17-8-10-29(11-9-17)15-18-13-21(27-28(18)3)19-6-4-5-7-20(19)25/h4-7,13,16-17H,8-12,14-15H2,1-3H3,(H,26,30)/t16-/m1/s1. The number of nitrogens with zero attached hydrogens (tertiary/aromatic N) is 3. The first-order chi connectivity index (χ1) is 15.2. The van der Waals surface area contributed by atoms with E-state index in [1.165, 1.54) is 6.07 Å². The molecule has 32 heavy (non-hydrogen) atoms. The van der Waals surface area contributed by atoms with E-state index in [2.05, 4.69) is 15.3 Å². The number of aryl methyl sites for hydroxylation is 1. The van der Waals surface area contributed by atoms with Crippen molar-refractivity contribution in [1.82, 2.24) is 20.0 Å². The van der Waals surface area contributed by atoms with Gasteiger partial charge in [0.15, 0.2) is 0 Å². The van der Waals surface area contributed by atoms with Crippen molar-refractivity contribution >= 4 is 11.9 Å². The van der Waals surface area contributed by atoms with E-state index in [1.54, 1.807) is 16.8 Å². The van der Waals surface area contributed by atoms with Crippen LogP contribution in [0.3, 0.4) is 0 Å². The zero-order valence-electron chi connectivity index (χ0n) is 18.9. The van der Waals surface area contributed by atoms with Gasteiger partial charge in [0.1, 0.15) is 11.4 Å². The van der Waals surface area contributed by atoms with Gasteiger partial charge in [-0.2, -0.15) is 5.10 Å². The molecule has 4 rings (SSSR count). The molecule has 0 aliphatic carbocycles. The van der Waals surface area contributed by atoms with Crippen molar-refractivity contribution in [2.45, 2.75) is 57.7 Å². The number of rotatable bonds is 6. The summed E-state index contributed by atoms with van der Waals surface area (Å²) in [6, 6.07) is 8.72. The van der Waals surface area contributed by atoms with Crippen LogP contribution in [0.2, 0.25) is 0 Å². The maximum absolute atomic E-state index is 14.1. The number of aromatic nitrogens is 2. The lowest BCUT2D eigenvalue weighted by Crippen LogP contribution is -2.45. The second-order valence-electron chi connectivity index (χ2n) is 9.53. The molecule has 1 aromatic carbocycles. The molecule has 2 aliphatic rings. The molecular weight excluding hydrogens is 411 g/mol. The molecule has 2 aromatic rings. The summed E-state index contributed by atoms with van der Waals surface area (Å²) in [7, 11) is 1.88. The molecule has 2 aliphatic heterocycles. The highest BCUT2D eigenvalue weighted by molar-refractivity contribution is 5.84. The van der Waals surface area contributed by atoms with Crippen molar-refractivity contribution in [1.29, 1.82) is 0 Å². The SMILES string of the molecule is Cn1nc(-c2ccccc2F)cc1CN1CCC(NC(=O)C[C@@H]2CC(C)(C)OC2=O)CC1. The summed E-state index contributed by atoms with van der Waals surface area (Å²) in [6.07, 6.45) is 2.47. The first-order valence-electron chi connectivity index (χ1n) is 11.2. The molecular formula is C24H31FN4O3. The van der Waals surface area contributed by atoms with E-state index in [9.17, 15) is 14.0 Å². The van der Waals surface area contributed by atoms with Crippen LogP contribution in [0.1, 0.15) is 45.2 Å². The fraction of sp³-hybridized carbons (Fsp3) is 0.542.